The van der Waals surface area contributed by atoms with Crippen molar-refractivity contribution in [1.29, 1.82) is 0 Å². The number of aromatic nitrogens is 3. The highest BCUT2D eigenvalue weighted by atomic mass is 32.2. The summed E-state index contributed by atoms with van der Waals surface area (Å²) in [6.07, 6.45) is 4.61. The smallest absolute Gasteiger partial charge is 0.214 e. The first-order valence-electron chi connectivity index (χ1n) is 7.20. The minimum Gasteiger partial charge on any atom is -0.317 e. The van der Waals surface area contributed by atoms with Crippen LogP contribution in [0.25, 0.3) is 0 Å². The average molecular weight is 299 g/mol. The molecule has 0 amide bonds. The zero-order chi connectivity index (χ0) is 14.0. The van der Waals surface area contributed by atoms with Gasteiger partial charge in [-0.15, -0.1) is 10.2 Å². The molecule has 0 radical (unpaired) electrons. The molecule has 1 N–H and O–H groups in total. The summed E-state index contributed by atoms with van der Waals surface area (Å²) in [5.74, 6) is 1.53. The number of nitrogens with one attached hydrogen (secondary N) is 1. The lowest BCUT2D eigenvalue weighted by atomic mass is 9.96. The lowest BCUT2D eigenvalue weighted by Crippen LogP contribution is -2.40. The molecule has 8 heteroatoms. The zero-order valence-corrected chi connectivity index (χ0v) is 12.3. The molecule has 20 heavy (non-hydrogen) atoms. The van der Waals surface area contributed by atoms with E-state index in [1.165, 1.54) is 0 Å². The molecular formula is C12H21N5O2S. The van der Waals surface area contributed by atoms with Gasteiger partial charge in [0.15, 0.2) is 0 Å². The first-order chi connectivity index (χ1) is 9.65. The van der Waals surface area contributed by atoms with Crippen LogP contribution >= 0.6 is 0 Å². The van der Waals surface area contributed by atoms with Crippen molar-refractivity contribution >= 4 is 10.0 Å². The predicted molar refractivity (Wildman–Crippen MR) is 74.4 cm³/mol. The summed E-state index contributed by atoms with van der Waals surface area (Å²) in [5.41, 5.74) is 0. The van der Waals surface area contributed by atoms with Gasteiger partial charge in [-0.25, -0.2) is 8.42 Å². The monoisotopic (exact) mass is 299 g/mol. The van der Waals surface area contributed by atoms with Crippen LogP contribution < -0.4 is 5.32 Å². The Bertz CT molecular complexity index is 550. The van der Waals surface area contributed by atoms with Crippen LogP contribution in [0.1, 0.15) is 25.1 Å². The fourth-order valence-electron chi connectivity index (χ4n) is 2.90. The molecule has 0 atom stereocenters. The number of hydrogen-bond acceptors (Lipinski definition) is 5. The van der Waals surface area contributed by atoms with Gasteiger partial charge in [0.1, 0.15) is 12.2 Å². The summed E-state index contributed by atoms with van der Waals surface area (Å²) >= 11 is 0. The second-order valence-corrected chi connectivity index (χ2v) is 7.66. The van der Waals surface area contributed by atoms with Gasteiger partial charge in [0.25, 0.3) is 0 Å². The third-order valence-electron chi connectivity index (χ3n) is 4.24. The molecule has 3 rings (SSSR count). The van der Waals surface area contributed by atoms with E-state index in [1.807, 2.05) is 4.57 Å². The van der Waals surface area contributed by atoms with Crippen molar-refractivity contribution in [3.63, 3.8) is 0 Å². The normalized spacial score (nSPS) is 21.8. The maximum Gasteiger partial charge on any atom is 0.214 e. The van der Waals surface area contributed by atoms with Crippen molar-refractivity contribution in [2.45, 2.75) is 32.4 Å². The first-order valence-corrected chi connectivity index (χ1v) is 8.81. The van der Waals surface area contributed by atoms with Crippen molar-refractivity contribution in [2.24, 2.45) is 5.92 Å². The molecule has 0 unspecified atom stereocenters. The van der Waals surface area contributed by atoms with Gasteiger partial charge >= 0.3 is 0 Å². The molecule has 2 aliphatic rings. The second-order valence-electron chi connectivity index (χ2n) is 5.57. The summed E-state index contributed by atoms with van der Waals surface area (Å²) in [7, 11) is -3.17. The SMILES string of the molecule is O=S(=O)(CCC1CCNCC1)N1CCn2cnnc2C1. The number of piperidine rings is 1. The van der Waals surface area contributed by atoms with Crippen LogP contribution in [0.15, 0.2) is 6.33 Å². The van der Waals surface area contributed by atoms with E-state index >= 15 is 0 Å². The summed E-state index contributed by atoms with van der Waals surface area (Å²) in [6, 6.07) is 0. The highest BCUT2D eigenvalue weighted by Crippen LogP contribution is 2.20. The van der Waals surface area contributed by atoms with Crippen molar-refractivity contribution in [2.75, 3.05) is 25.4 Å². The largest absolute Gasteiger partial charge is 0.317 e. The predicted octanol–water partition coefficient (Wildman–Crippen LogP) is -0.187. The molecule has 0 aromatic carbocycles. The molecule has 0 spiro atoms. The maximum atomic E-state index is 12.4. The minimum atomic E-state index is -3.17. The summed E-state index contributed by atoms with van der Waals surface area (Å²) in [5, 5.41) is 11.1. The number of rotatable bonds is 4. The topological polar surface area (TPSA) is 80.1 Å². The van der Waals surface area contributed by atoms with Crippen LogP contribution in [0.3, 0.4) is 0 Å². The Morgan fingerprint density at radius 2 is 2.10 bits per heavy atom. The van der Waals surface area contributed by atoms with E-state index < -0.39 is 10.0 Å². The van der Waals surface area contributed by atoms with Gasteiger partial charge in [0.2, 0.25) is 10.0 Å². The highest BCUT2D eigenvalue weighted by Gasteiger charge is 2.28. The van der Waals surface area contributed by atoms with Crippen LogP contribution in [-0.4, -0.2) is 52.9 Å². The molecule has 2 aliphatic heterocycles. The number of sulfonamides is 1. The molecule has 1 saturated heterocycles. The van der Waals surface area contributed by atoms with Crippen LogP contribution in [-0.2, 0) is 23.1 Å². The van der Waals surface area contributed by atoms with Gasteiger partial charge in [-0.05, 0) is 38.3 Å². The van der Waals surface area contributed by atoms with Gasteiger partial charge < -0.3 is 9.88 Å². The fourth-order valence-corrected chi connectivity index (χ4v) is 4.46. The Hall–Kier alpha value is -0.990. The van der Waals surface area contributed by atoms with Gasteiger partial charge in [0, 0.05) is 13.1 Å². The minimum absolute atomic E-state index is 0.256. The van der Waals surface area contributed by atoms with Gasteiger partial charge in [-0.3, -0.25) is 0 Å². The summed E-state index contributed by atoms with van der Waals surface area (Å²) in [6.45, 7) is 3.55. The lowest BCUT2D eigenvalue weighted by Gasteiger charge is -2.28. The van der Waals surface area contributed by atoms with E-state index in [0.717, 1.165) is 38.2 Å². The van der Waals surface area contributed by atoms with Crippen molar-refractivity contribution in [3.8, 4) is 0 Å². The standard InChI is InChI=1S/C12H21N5O2S/c18-20(19,8-3-11-1-4-13-5-2-11)17-7-6-16-10-14-15-12(16)9-17/h10-11,13H,1-9H2. The van der Waals surface area contributed by atoms with Crippen molar-refractivity contribution in [3.05, 3.63) is 12.2 Å². The Morgan fingerprint density at radius 1 is 1.30 bits per heavy atom. The third kappa shape index (κ3) is 3.02. The van der Waals surface area contributed by atoms with E-state index in [9.17, 15) is 8.42 Å². The molecule has 3 heterocycles. The molecule has 112 valence electrons. The van der Waals surface area contributed by atoms with E-state index in [1.54, 1.807) is 10.6 Å². The van der Waals surface area contributed by atoms with Crippen LogP contribution in [0.2, 0.25) is 0 Å². The molecule has 1 fully saturated rings. The third-order valence-corrected chi connectivity index (χ3v) is 6.09. The molecule has 0 saturated carbocycles. The molecular weight excluding hydrogens is 278 g/mol. The zero-order valence-electron chi connectivity index (χ0n) is 11.5. The molecule has 0 bridgehead atoms. The van der Waals surface area contributed by atoms with Crippen LogP contribution in [0.5, 0.6) is 0 Å². The van der Waals surface area contributed by atoms with E-state index in [0.29, 0.717) is 25.6 Å². The van der Waals surface area contributed by atoms with E-state index in [2.05, 4.69) is 15.5 Å². The quantitative estimate of drug-likeness (QED) is 0.834. The number of hydrogen-bond donors (Lipinski definition) is 1. The first kappa shape index (κ1) is 14.0. The van der Waals surface area contributed by atoms with Crippen molar-refractivity contribution in [1.82, 2.24) is 24.4 Å². The Balaban J connectivity index is 1.58. The molecule has 1 aromatic rings. The van der Waals surface area contributed by atoms with Gasteiger partial charge in [-0.2, -0.15) is 4.31 Å². The Labute approximate surface area is 119 Å². The average Bonchev–Trinajstić information content (AvgIpc) is 2.94. The highest BCUT2D eigenvalue weighted by molar-refractivity contribution is 7.89. The van der Waals surface area contributed by atoms with Gasteiger partial charge in [-0.1, -0.05) is 0 Å². The maximum absolute atomic E-state index is 12.4. The molecule has 0 aliphatic carbocycles. The van der Waals surface area contributed by atoms with E-state index in [4.69, 9.17) is 0 Å². The summed E-state index contributed by atoms with van der Waals surface area (Å²) in [4.78, 5) is 0. The number of nitrogens with zero attached hydrogens (tertiary/aromatic N) is 4. The van der Waals surface area contributed by atoms with E-state index in [-0.39, 0.29) is 5.75 Å². The molecule has 1 aromatic heterocycles. The fraction of sp³-hybridized carbons (Fsp3) is 0.833. The Kier molecular flexibility index (Phi) is 4.04. The van der Waals surface area contributed by atoms with Crippen LogP contribution in [0, 0.1) is 5.92 Å². The lowest BCUT2D eigenvalue weighted by molar-refractivity contribution is 0.328. The number of fused-ring (bicyclic) bond motifs is 1. The van der Waals surface area contributed by atoms with Gasteiger partial charge in [0.05, 0.1) is 12.3 Å². The van der Waals surface area contributed by atoms with Crippen molar-refractivity contribution < 1.29 is 8.42 Å². The second kappa shape index (κ2) is 5.79. The molecule has 7 nitrogen and oxygen atoms in total. The Morgan fingerprint density at radius 3 is 2.90 bits per heavy atom. The summed E-state index contributed by atoms with van der Waals surface area (Å²) < 4.78 is 28.3. The van der Waals surface area contributed by atoms with Crippen LogP contribution in [0.4, 0.5) is 0 Å².